The maximum atomic E-state index is 12.8. The monoisotopic (exact) mass is 379 g/mol. The number of benzene rings is 2. The molecule has 0 aromatic heterocycles. The lowest BCUT2D eigenvalue weighted by atomic mass is 10.1. The Morgan fingerprint density at radius 3 is 2.46 bits per heavy atom. The Balaban J connectivity index is 1.46. The third-order valence-electron chi connectivity index (χ3n) is 5.70. The summed E-state index contributed by atoms with van der Waals surface area (Å²) in [6.07, 6.45) is 2.49. The lowest BCUT2D eigenvalue weighted by Crippen LogP contribution is -2.36. The van der Waals surface area contributed by atoms with Gasteiger partial charge in [-0.25, -0.2) is 0 Å². The molecule has 0 bridgehead atoms. The smallest absolute Gasteiger partial charge is 0.251 e. The summed E-state index contributed by atoms with van der Waals surface area (Å²) >= 11 is 0. The fraction of sp³-hybridized carbons (Fsp3) is 0.435. The van der Waals surface area contributed by atoms with Crippen molar-refractivity contribution in [3.63, 3.8) is 0 Å². The van der Waals surface area contributed by atoms with Crippen LogP contribution in [0.3, 0.4) is 0 Å². The number of morpholine rings is 1. The standard InChI is InChI=1S/C23H29N3O2/c1-18-8-9-19(16-22(18)26-12-14-28-15-13-26)23(27)24-17-20-6-2-3-7-21(20)25-10-4-5-11-25/h2-3,6-9,16H,4-5,10-15,17H2,1H3,(H,24,27). The second kappa shape index (κ2) is 8.65. The number of carbonyl (C=O) groups is 1. The van der Waals surface area contributed by atoms with Gasteiger partial charge in [-0.2, -0.15) is 0 Å². The lowest BCUT2D eigenvalue weighted by Gasteiger charge is -2.30. The van der Waals surface area contributed by atoms with Gasteiger partial charge in [0.2, 0.25) is 0 Å². The summed E-state index contributed by atoms with van der Waals surface area (Å²) in [4.78, 5) is 17.6. The van der Waals surface area contributed by atoms with Gasteiger partial charge in [0.25, 0.3) is 5.91 Å². The highest BCUT2D eigenvalue weighted by Gasteiger charge is 2.18. The molecule has 28 heavy (non-hydrogen) atoms. The van der Waals surface area contributed by atoms with E-state index in [2.05, 4.69) is 40.2 Å². The molecule has 0 radical (unpaired) electrons. The van der Waals surface area contributed by atoms with E-state index in [-0.39, 0.29) is 5.91 Å². The van der Waals surface area contributed by atoms with Crippen molar-refractivity contribution in [3.05, 3.63) is 59.2 Å². The number of hydrogen-bond acceptors (Lipinski definition) is 4. The Kier molecular flexibility index (Phi) is 5.81. The Morgan fingerprint density at radius 1 is 0.964 bits per heavy atom. The zero-order valence-electron chi connectivity index (χ0n) is 16.6. The fourth-order valence-corrected chi connectivity index (χ4v) is 4.10. The lowest BCUT2D eigenvalue weighted by molar-refractivity contribution is 0.0951. The van der Waals surface area contributed by atoms with Gasteiger partial charge < -0.3 is 19.9 Å². The number of nitrogens with zero attached hydrogens (tertiary/aromatic N) is 2. The van der Waals surface area contributed by atoms with E-state index in [0.29, 0.717) is 12.1 Å². The van der Waals surface area contributed by atoms with Crippen molar-refractivity contribution in [1.29, 1.82) is 0 Å². The molecule has 5 heteroatoms. The van der Waals surface area contributed by atoms with E-state index in [1.165, 1.54) is 29.7 Å². The molecule has 2 aliphatic rings. The average molecular weight is 380 g/mol. The van der Waals surface area contributed by atoms with Crippen molar-refractivity contribution in [2.24, 2.45) is 0 Å². The highest BCUT2D eigenvalue weighted by molar-refractivity contribution is 5.95. The summed E-state index contributed by atoms with van der Waals surface area (Å²) < 4.78 is 5.45. The van der Waals surface area contributed by atoms with E-state index in [4.69, 9.17) is 4.74 Å². The SMILES string of the molecule is Cc1ccc(C(=O)NCc2ccccc2N2CCCC2)cc1N1CCOCC1. The molecule has 5 nitrogen and oxygen atoms in total. The summed E-state index contributed by atoms with van der Waals surface area (Å²) in [7, 11) is 0. The normalized spacial score (nSPS) is 17.0. The van der Waals surface area contributed by atoms with E-state index in [0.717, 1.165) is 45.1 Å². The van der Waals surface area contributed by atoms with Crippen LogP contribution in [0, 0.1) is 6.92 Å². The molecule has 2 saturated heterocycles. The van der Waals surface area contributed by atoms with E-state index in [1.54, 1.807) is 0 Å². The van der Waals surface area contributed by atoms with Crippen LogP contribution in [0.2, 0.25) is 0 Å². The predicted molar refractivity (Wildman–Crippen MR) is 113 cm³/mol. The van der Waals surface area contributed by atoms with Crippen molar-refractivity contribution in [2.75, 3.05) is 49.2 Å². The third-order valence-corrected chi connectivity index (χ3v) is 5.70. The highest BCUT2D eigenvalue weighted by Crippen LogP contribution is 2.25. The summed E-state index contributed by atoms with van der Waals surface area (Å²) in [6.45, 7) is 8.07. The van der Waals surface area contributed by atoms with E-state index < -0.39 is 0 Å². The third kappa shape index (κ3) is 4.14. The summed E-state index contributed by atoms with van der Waals surface area (Å²) in [5, 5.41) is 3.12. The number of hydrogen-bond donors (Lipinski definition) is 1. The van der Waals surface area contributed by atoms with Crippen LogP contribution in [0.4, 0.5) is 11.4 Å². The van der Waals surface area contributed by atoms with Crippen LogP contribution in [0.5, 0.6) is 0 Å². The zero-order valence-corrected chi connectivity index (χ0v) is 16.6. The molecule has 2 aromatic carbocycles. The molecule has 2 aromatic rings. The molecule has 2 aliphatic heterocycles. The van der Waals surface area contributed by atoms with Crippen molar-refractivity contribution in [2.45, 2.75) is 26.3 Å². The van der Waals surface area contributed by atoms with Gasteiger partial charge in [0.15, 0.2) is 0 Å². The Bertz CT molecular complexity index is 824. The molecular weight excluding hydrogens is 350 g/mol. The Labute approximate surface area is 167 Å². The first kappa shape index (κ1) is 18.8. The Morgan fingerprint density at radius 2 is 1.68 bits per heavy atom. The number of anilines is 2. The first-order chi connectivity index (χ1) is 13.7. The quantitative estimate of drug-likeness (QED) is 0.865. The summed E-state index contributed by atoms with van der Waals surface area (Å²) in [5.41, 5.74) is 5.47. The number of aryl methyl sites for hydroxylation is 1. The van der Waals surface area contributed by atoms with Crippen molar-refractivity contribution in [3.8, 4) is 0 Å². The molecule has 148 valence electrons. The number of ether oxygens (including phenoxy) is 1. The molecule has 1 N–H and O–H groups in total. The Hall–Kier alpha value is -2.53. The molecule has 2 heterocycles. The van der Waals surface area contributed by atoms with Gasteiger partial charge >= 0.3 is 0 Å². The van der Waals surface area contributed by atoms with Crippen LogP contribution in [0.1, 0.15) is 34.3 Å². The zero-order chi connectivity index (χ0) is 19.3. The molecule has 0 spiro atoms. The minimum atomic E-state index is -0.0225. The van der Waals surface area contributed by atoms with Crippen LogP contribution >= 0.6 is 0 Å². The first-order valence-electron chi connectivity index (χ1n) is 10.3. The van der Waals surface area contributed by atoms with Crippen molar-refractivity contribution < 1.29 is 9.53 Å². The van der Waals surface area contributed by atoms with Crippen LogP contribution in [-0.4, -0.2) is 45.3 Å². The van der Waals surface area contributed by atoms with Gasteiger partial charge in [0.05, 0.1) is 13.2 Å². The minimum Gasteiger partial charge on any atom is -0.378 e. The van der Waals surface area contributed by atoms with E-state index >= 15 is 0 Å². The molecule has 0 unspecified atom stereocenters. The van der Waals surface area contributed by atoms with Crippen LogP contribution < -0.4 is 15.1 Å². The van der Waals surface area contributed by atoms with Gasteiger partial charge in [0, 0.05) is 49.7 Å². The molecule has 2 fully saturated rings. The predicted octanol–water partition coefficient (Wildman–Crippen LogP) is 3.36. The van der Waals surface area contributed by atoms with Crippen LogP contribution in [0.25, 0.3) is 0 Å². The molecule has 0 aliphatic carbocycles. The summed E-state index contributed by atoms with van der Waals surface area (Å²) in [5.74, 6) is -0.0225. The fourth-order valence-electron chi connectivity index (χ4n) is 4.10. The second-order valence-corrected chi connectivity index (χ2v) is 7.61. The summed E-state index contributed by atoms with van der Waals surface area (Å²) in [6, 6.07) is 14.4. The van der Waals surface area contributed by atoms with E-state index in [1.807, 2.05) is 24.3 Å². The van der Waals surface area contributed by atoms with Crippen LogP contribution in [0.15, 0.2) is 42.5 Å². The minimum absolute atomic E-state index is 0.0225. The first-order valence-corrected chi connectivity index (χ1v) is 10.3. The van der Waals surface area contributed by atoms with Crippen molar-refractivity contribution >= 4 is 17.3 Å². The van der Waals surface area contributed by atoms with Gasteiger partial charge in [-0.1, -0.05) is 24.3 Å². The van der Waals surface area contributed by atoms with Gasteiger partial charge in [-0.15, -0.1) is 0 Å². The topological polar surface area (TPSA) is 44.8 Å². The molecule has 0 atom stereocenters. The molecule has 0 saturated carbocycles. The number of rotatable bonds is 5. The van der Waals surface area contributed by atoms with Crippen molar-refractivity contribution in [1.82, 2.24) is 5.32 Å². The van der Waals surface area contributed by atoms with Gasteiger partial charge in [-0.05, 0) is 49.1 Å². The second-order valence-electron chi connectivity index (χ2n) is 7.61. The molecular formula is C23H29N3O2. The number of para-hydroxylation sites is 1. The maximum absolute atomic E-state index is 12.8. The van der Waals surface area contributed by atoms with E-state index in [9.17, 15) is 4.79 Å². The number of nitrogens with one attached hydrogen (secondary N) is 1. The van der Waals surface area contributed by atoms with Gasteiger partial charge in [-0.3, -0.25) is 4.79 Å². The molecule has 1 amide bonds. The highest BCUT2D eigenvalue weighted by atomic mass is 16.5. The maximum Gasteiger partial charge on any atom is 0.251 e. The number of amides is 1. The number of carbonyl (C=O) groups excluding carboxylic acids is 1. The van der Waals surface area contributed by atoms with Crippen LogP contribution in [-0.2, 0) is 11.3 Å². The van der Waals surface area contributed by atoms with Gasteiger partial charge in [0.1, 0.15) is 0 Å². The largest absolute Gasteiger partial charge is 0.378 e. The average Bonchev–Trinajstić information content (AvgIpc) is 3.28. The molecule has 4 rings (SSSR count).